The molecule has 5 rings (SSSR count). The zero-order valence-corrected chi connectivity index (χ0v) is 24.0. The second kappa shape index (κ2) is 13.0. The van der Waals surface area contributed by atoms with E-state index in [2.05, 4.69) is 9.97 Å². The van der Waals surface area contributed by atoms with Crippen molar-refractivity contribution >= 4 is 28.6 Å². The van der Waals surface area contributed by atoms with E-state index in [1.165, 1.54) is 31.4 Å². The molecule has 3 aromatic carbocycles. The number of aromatic nitrogens is 3. The van der Waals surface area contributed by atoms with Crippen LogP contribution in [0.1, 0.15) is 32.9 Å². The van der Waals surface area contributed by atoms with E-state index in [-0.39, 0.29) is 35.1 Å². The maximum atomic E-state index is 15.5. The van der Waals surface area contributed by atoms with E-state index in [1.807, 2.05) is 10.6 Å². The predicted octanol–water partition coefficient (Wildman–Crippen LogP) is 6.50. The van der Waals surface area contributed by atoms with Crippen LogP contribution in [0.4, 0.5) is 8.78 Å². The van der Waals surface area contributed by atoms with Gasteiger partial charge in [-0.2, -0.15) is 5.26 Å². The third kappa shape index (κ3) is 6.48. The Morgan fingerprint density at radius 2 is 1.81 bits per heavy atom. The van der Waals surface area contributed by atoms with Crippen LogP contribution >= 0.6 is 11.6 Å². The van der Waals surface area contributed by atoms with Crippen molar-refractivity contribution in [2.45, 2.75) is 19.6 Å². The molecule has 0 saturated heterocycles. The molecule has 0 atom stereocenters. The summed E-state index contributed by atoms with van der Waals surface area (Å²) in [7, 11) is 2.89. The molecule has 2 aromatic heterocycles. The number of ether oxygens (including phenoxy) is 3. The molecule has 0 saturated carbocycles. The topological polar surface area (TPSA) is 99.3 Å². The Bertz CT molecular complexity index is 1870. The number of carbonyl (C=O) groups is 1. The lowest BCUT2D eigenvalue weighted by atomic mass is 10.0. The van der Waals surface area contributed by atoms with Gasteiger partial charge in [0.25, 0.3) is 0 Å². The summed E-state index contributed by atoms with van der Waals surface area (Å²) in [5.41, 5.74) is 3.23. The predicted molar refractivity (Wildman–Crippen MR) is 156 cm³/mol. The normalized spacial score (nSPS) is 11.0. The molecular formula is C32H25ClF2N4O4. The van der Waals surface area contributed by atoms with Gasteiger partial charge in [-0.15, -0.1) is 0 Å². The molecule has 43 heavy (non-hydrogen) atoms. The summed E-state index contributed by atoms with van der Waals surface area (Å²) in [6, 6.07) is 18.8. The quantitative estimate of drug-likeness (QED) is 0.168. The maximum absolute atomic E-state index is 15.5. The standard InChI is InChI=1S/C32H25ClF2N4O4/c1-41-11-10-39-29-14-20(32(40)42-2)8-9-28(29)37-30(39)15-22-13-24(33)23(16-26(22)35)27-4-3-5-31(38-27)43-18-21-7-6-19(17-36)12-25(21)34/h3-9,12-14,16H,10-11,15,18H2,1-2H3. The van der Waals surface area contributed by atoms with Crippen LogP contribution in [0.3, 0.4) is 0 Å². The third-order valence-electron chi connectivity index (χ3n) is 6.81. The molecule has 5 aromatic rings. The Hall–Kier alpha value is -4.85. The van der Waals surface area contributed by atoms with Crippen molar-refractivity contribution < 1.29 is 27.8 Å². The number of fused-ring (bicyclic) bond motifs is 1. The maximum Gasteiger partial charge on any atom is 0.337 e. The van der Waals surface area contributed by atoms with Gasteiger partial charge >= 0.3 is 5.97 Å². The van der Waals surface area contributed by atoms with Crippen molar-refractivity contribution in [3.05, 3.63) is 111 Å². The van der Waals surface area contributed by atoms with Crippen molar-refractivity contribution in [1.82, 2.24) is 14.5 Å². The number of imidazole rings is 1. The molecule has 0 aliphatic heterocycles. The molecule has 218 valence electrons. The van der Waals surface area contributed by atoms with Crippen molar-refractivity contribution in [3.63, 3.8) is 0 Å². The second-order valence-electron chi connectivity index (χ2n) is 9.54. The zero-order valence-electron chi connectivity index (χ0n) is 23.2. The van der Waals surface area contributed by atoms with Crippen molar-refractivity contribution in [2.75, 3.05) is 20.8 Å². The van der Waals surface area contributed by atoms with Gasteiger partial charge in [0.05, 0.1) is 52.7 Å². The Morgan fingerprint density at radius 3 is 2.56 bits per heavy atom. The molecule has 0 N–H and O–H groups in total. The van der Waals surface area contributed by atoms with E-state index in [9.17, 15) is 9.18 Å². The summed E-state index contributed by atoms with van der Waals surface area (Å²) in [5, 5.41) is 9.19. The summed E-state index contributed by atoms with van der Waals surface area (Å²) in [5.74, 6) is -0.774. The van der Waals surface area contributed by atoms with Crippen molar-refractivity contribution in [2.24, 2.45) is 0 Å². The van der Waals surface area contributed by atoms with E-state index in [0.29, 0.717) is 52.4 Å². The summed E-state index contributed by atoms with van der Waals surface area (Å²) in [6.45, 7) is 0.703. The van der Waals surface area contributed by atoms with Crippen molar-refractivity contribution in [1.29, 1.82) is 5.26 Å². The van der Waals surface area contributed by atoms with Gasteiger partial charge in [0.1, 0.15) is 24.1 Å². The number of halogens is 3. The Labute approximate surface area is 251 Å². The molecule has 0 radical (unpaired) electrons. The number of methoxy groups -OCH3 is 2. The summed E-state index contributed by atoms with van der Waals surface area (Å²) in [4.78, 5) is 21.2. The number of rotatable bonds is 10. The Balaban J connectivity index is 1.40. The highest BCUT2D eigenvalue weighted by atomic mass is 35.5. The zero-order chi connectivity index (χ0) is 30.5. The molecule has 8 nitrogen and oxygen atoms in total. The minimum atomic E-state index is -0.560. The average molecular weight is 603 g/mol. The first-order valence-electron chi connectivity index (χ1n) is 13.1. The second-order valence-corrected chi connectivity index (χ2v) is 9.94. The SMILES string of the molecule is COCCn1c(Cc2cc(Cl)c(-c3cccc(OCc4ccc(C#N)cc4F)n3)cc2F)nc2ccc(C(=O)OC)cc21. The van der Waals surface area contributed by atoms with Crippen LogP contribution in [0.5, 0.6) is 5.88 Å². The van der Waals surface area contributed by atoms with E-state index < -0.39 is 17.6 Å². The van der Waals surface area contributed by atoms with E-state index >= 15 is 4.39 Å². The van der Waals surface area contributed by atoms with E-state index in [0.717, 1.165) is 6.07 Å². The molecule has 0 aliphatic carbocycles. The summed E-state index contributed by atoms with van der Waals surface area (Å²) < 4.78 is 47.4. The number of hydrogen-bond acceptors (Lipinski definition) is 7. The highest BCUT2D eigenvalue weighted by Crippen LogP contribution is 2.32. The lowest BCUT2D eigenvalue weighted by Crippen LogP contribution is -2.10. The highest BCUT2D eigenvalue weighted by molar-refractivity contribution is 6.33. The van der Waals surface area contributed by atoms with Crippen LogP contribution in [0.2, 0.25) is 5.02 Å². The lowest BCUT2D eigenvalue weighted by molar-refractivity contribution is 0.0601. The van der Waals surface area contributed by atoms with E-state index in [4.69, 9.17) is 31.1 Å². The molecular weight excluding hydrogens is 578 g/mol. The molecule has 0 spiro atoms. The Morgan fingerprint density at radius 1 is 1.00 bits per heavy atom. The summed E-state index contributed by atoms with van der Waals surface area (Å²) in [6.07, 6.45) is 0.129. The average Bonchev–Trinajstić information content (AvgIpc) is 3.36. The number of pyridine rings is 1. The van der Waals surface area contributed by atoms with Gasteiger partial charge in [-0.1, -0.05) is 23.7 Å². The number of hydrogen-bond donors (Lipinski definition) is 0. The molecule has 11 heteroatoms. The fraction of sp³-hybridized carbons (Fsp3) is 0.188. The van der Waals surface area contributed by atoms with Gasteiger partial charge in [-0.3, -0.25) is 0 Å². The van der Waals surface area contributed by atoms with Gasteiger partial charge in [0.15, 0.2) is 0 Å². The van der Waals surface area contributed by atoms with Crippen LogP contribution in [-0.2, 0) is 29.0 Å². The van der Waals surface area contributed by atoms with Gasteiger partial charge in [0.2, 0.25) is 5.88 Å². The van der Waals surface area contributed by atoms with E-state index in [1.54, 1.807) is 43.5 Å². The number of nitrogens with zero attached hydrogens (tertiary/aromatic N) is 4. The fourth-order valence-corrected chi connectivity index (χ4v) is 4.89. The molecule has 0 aliphatic rings. The van der Waals surface area contributed by atoms with Gasteiger partial charge in [0, 0.05) is 37.3 Å². The molecule has 0 fully saturated rings. The van der Waals surface area contributed by atoms with Gasteiger partial charge < -0.3 is 18.8 Å². The first kappa shape index (κ1) is 29.6. The highest BCUT2D eigenvalue weighted by Gasteiger charge is 2.18. The monoisotopic (exact) mass is 602 g/mol. The first-order chi connectivity index (χ1) is 20.8. The van der Waals surface area contributed by atoms with Crippen LogP contribution in [0.15, 0.2) is 66.7 Å². The molecule has 2 heterocycles. The van der Waals surface area contributed by atoms with Crippen LogP contribution in [-0.4, -0.2) is 41.3 Å². The fourth-order valence-electron chi connectivity index (χ4n) is 4.61. The minimum Gasteiger partial charge on any atom is -0.473 e. The largest absolute Gasteiger partial charge is 0.473 e. The van der Waals surface area contributed by atoms with Gasteiger partial charge in [-0.25, -0.2) is 23.5 Å². The molecule has 0 bridgehead atoms. The summed E-state index contributed by atoms with van der Waals surface area (Å²) >= 11 is 6.63. The number of benzene rings is 3. The minimum absolute atomic E-state index is 0.111. The smallest absolute Gasteiger partial charge is 0.337 e. The number of nitriles is 1. The van der Waals surface area contributed by atoms with Crippen molar-refractivity contribution in [3.8, 4) is 23.2 Å². The number of esters is 1. The number of carbonyl (C=O) groups excluding carboxylic acids is 1. The first-order valence-corrected chi connectivity index (χ1v) is 13.5. The van der Waals surface area contributed by atoms with Crippen LogP contribution in [0.25, 0.3) is 22.3 Å². The van der Waals surface area contributed by atoms with Gasteiger partial charge in [-0.05, 0) is 54.1 Å². The molecule has 0 unspecified atom stereocenters. The lowest BCUT2D eigenvalue weighted by Gasteiger charge is -2.12. The third-order valence-corrected chi connectivity index (χ3v) is 7.12. The van der Waals surface area contributed by atoms with Crippen LogP contribution < -0.4 is 4.74 Å². The Kier molecular flexibility index (Phi) is 8.95. The molecule has 0 amide bonds. The van der Waals surface area contributed by atoms with Crippen LogP contribution in [0, 0.1) is 23.0 Å².